The van der Waals surface area contributed by atoms with Gasteiger partial charge in [0.1, 0.15) is 4.90 Å². The zero-order valence-corrected chi connectivity index (χ0v) is 11.6. The van der Waals surface area contributed by atoms with Crippen LogP contribution in [-0.4, -0.2) is 21.0 Å². The van der Waals surface area contributed by atoms with Crippen LogP contribution in [0.2, 0.25) is 10.0 Å². The van der Waals surface area contributed by atoms with Crippen LogP contribution in [0.3, 0.4) is 0 Å². The smallest absolute Gasteiger partial charge is 0.242 e. The highest BCUT2D eigenvalue weighted by Gasteiger charge is 2.19. The van der Waals surface area contributed by atoms with Crippen molar-refractivity contribution in [2.24, 2.45) is 5.73 Å². The topological polar surface area (TPSA) is 72.2 Å². The van der Waals surface area contributed by atoms with Crippen LogP contribution in [0.5, 0.6) is 0 Å². The van der Waals surface area contributed by atoms with Gasteiger partial charge in [0.15, 0.2) is 0 Å². The molecule has 0 amide bonds. The number of sulfonamides is 1. The number of halogens is 2. The van der Waals surface area contributed by atoms with E-state index in [1.165, 1.54) is 18.2 Å². The Morgan fingerprint density at radius 2 is 2.06 bits per heavy atom. The standard InChI is InChI=1S/C10H14Cl2N2O2S/c1-2-7(13)6-14-17(15,16)9-5-3-4-8(11)10(9)12/h3-5,7,14H,2,6,13H2,1H3. The summed E-state index contributed by atoms with van der Waals surface area (Å²) in [5.74, 6) is 0. The predicted octanol–water partition coefficient (Wildman–Crippen LogP) is 2.01. The van der Waals surface area contributed by atoms with Crippen molar-refractivity contribution in [2.45, 2.75) is 24.3 Å². The molecule has 96 valence electrons. The van der Waals surface area contributed by atoms with Crippen molar-refractivity contribution in [1.29, 1.82) is 0 Å². The Morgan fingerprint density at radius 3 is 2.65 bits per heavy atom. The summed E-state index contributed by atoms with van der Waals surface area (Å²) in [6.07, 6.45) is 0.686. The molecule has 17 heavy (non-hydrogen) atoms. The normalized spacial score (nSPS) is 13.6. The number of rotatable bonds is 5. The molecular weight excluding hydrogens is 283 g/mol. The molecule has 1 atom stereocenters. The van der Waals surface area contributed by atoms with Crippen molar-refractivity contribution < 1.29 is 8.42 Å². The fourth-order valence-corrected chi connectivity index (χ4v) is 2.98. The van der Waals surface area contributed by atoms with E-state index in [4.69, 9.17) is 28.9 Å². The summed E-state index contributed by atoms with van der Waals surface area (Å²) in [7, 11) is -3.66. The molecule has 1 aromatic carbocycles. The maximum absolute atomic E-state index is 11.9. The second-order valence-electron chi connectivity index (χ2n) is 3.57. The Kier molecular flexibility index (Phi) is 5.22. The Morgan fingerprint density at radius 1 is 1.41 bits per heavy atom. The number of hydrogen-bond donors (Lipinski definition) is 2. The highest BCUT2D eigenvalue weighted by atomic mass is 35.5. The molecule has 3 N–H and O–H groups in total. The molecule has 0 aliphatic rings. The third-order valence-electron chi connectivity index (χ3n) is 2.27. The second kappa shape index (κ2) is 6.02. The van der Waals surface area contributed by atoms with Gasteiger partial charge < -0.3 is 5.73 Å². The summed E-state index contributed by atoms with van der Waals surface area (Å²) in [5, 5.41) is 0.223. The molecule has 0 bridgehead atoms. The first-order valence-corrected chi connectivity index (χ1v) is 7.31. The Labute approximate surface area is 111 Å². The van der Waals surface area contributed by atoms with Crippen molar-refractivity contribution in [3.8, 4) is 0 Å². The average molecular weight is 297 g/mol. The third kappa shape index (κ3) is 3.82. The summed E-state index contributed by atoms with van der Waals surface area (Å²) in [4.78, 5) is -0.0324. The monoisotopic (exact) mass is 296 g/mol. The van der Waals surface area contributed by atoms with Gasteiger partial charge in [-0.2, -0.15) is 0 Å². The summed E-state index contributed by atoms with van der Waals surface area (Å²) >= 11 is 11.6. The van der Waals surface area contributed by atoms with Gasteiger partial charge in [0, 0.05) is 12.6 Å². The van der Waals surface area contributed by atoms with Gasteiger partial charge in [-0.1, -0.05) is 36.2 Å². The summed E-state index contributed by atoms with van der Waals surface area (Å²) in [6.45, 7) is 2.05. The van der Waals surface area contributed by atoms with Crippen LogP contribution in [0.25, 0.3) is 0 Å². The second-order valence-corrected chi connectivity index (χ2v) is 6.09. The summed E-state index contributed by atoms with van der Waals surface area (Å²) < 4.78 is 26.2. The lowest BCUT2D eigenvalue weighted by atomic mass is 10.2. The average Bonchev–Trinajstić information content (AvgIpc) is 2.29. The number of benzene rings is 1. The lowest BCUT2D eigenvalue weighted by Gasteiger charge is -2.12. The maximum atomic E-state index is 11.9. The van der Waals surface area contributed by atoms with Crippen molar-refractivity contribution in [1.82, 2.24) is 4.72 Å². The van der Waals surface area contributed by atoms with Crippen molar-refractivity contribution in [2.75, 3.05) is 6.54 Å². The van der Waals surface area contributed by atoms with Gasteiger partial charge in [-0.05, 0) is 18.6 Å². The fourth-order valence-electron chi connectivity index (χ4n) is 1.13. The molecular formula is C10H14Cl2N2O2S. The Hall–Kier alpha value is -0.330. The van der Waals surface area contributed by atoms with Crippen LogP contribution in [0.1, 0.15) is 13.3 Å². The van der Waals surface area contributed by atoms with E-state index < -0.39 is 10.0 Å². The van der Waals surface area contributed by atoms with E-state index in [2.05, 4.69) is 4.72 Å². The molecule has 1 unspecified atom stereocenters. The molecule has 0 saturated carbocycles. The maximum Gasteiger partial charge on any atom is 0.242 e. The predicted molar refractivity (Wildman–Crippen MR) is 69.9 cm³/mol. The molecule has 4 nitrogen and oxygen atoms in total. The van der Waals surface area contributed by atoms with Crippen LogP contribution in [-0.2, 0) is 10.0 Å². The molecule has 0 fully saturated rings. The van der Waals surface area contributed by atoms with E-state index in [1.807, 2.05) is 6.92 Å². The zero-order chi connectivity index (χ0) is 13.1. The molecule has 0 aromatic heterocycles. The summed E-state index contributed by atoms with van der Waals surface area (Å²) in [6, 6.07) is 4.24. The van der Waals surface area contributed by atoms with Gasteiger partial charge in [-0.25, -0.2) is 13.1 Å². The van der Waals surface area contributed by atoms with Crippen LogP contribution >= 0.6 is 23.2 Å². The van der Waals surface area contributed by atoms with Gasteiger partial charge in [0.2, 0.25) is 10.0 Å². The SMILES string of the molecule is CCC(N)CNS(=O)(=O)c1cccc(Cl)c1Cl. The molecule has 0 saturated heterocycles. The highest BCUT2D eigenvalue weighted by molar-refractivity contribution is 7.89. The fraction of sp³-hybridized carbons (Fsp3) is 0.400. The van der Waals surface area contributed by atoms with Gasteiger partial charge in [-0.3, -0.25) is 0 Å². The van der Waals surface area contributed by atoms with E-state index in [0.717, 1.165) is 0 Å². The van der Waals surface area contributed by atoms with Gasteiger partial charge >= 0.3 is 0 Å². The van der Waals surface area contributed by atoms with Crippen molar-refractivity contribution in [3.05, 3.63) is 28.2 Å². The molecule has 7 heteroatoms. The van der Waals surface area contributed by atoms with Crippen molar-refractivity contribution in [3.63, 3.8) is 0 Å². The minimum Gasteiger partial charge on any atom is -0.327 e. The quantitative estimate of drug-likeness (QED) is 0.873. The van der Waals surface area contributed by atoms with E-state index in [9.17, 15) is 8.42 Å². The number of nitrogens with two attached hydrogens (primary N) is 1. The van der Waals surface area contributed by atoms with E-state index in [-0.39, 0.29) is 27.5 Å². The Balaban J connectivity index is 2.94. The van der Waals surface area contributed by atoms with Crippen molar-refractivity contribution >= 4 is 33.2 Å². The van der Waals surface area contributed by atoms with Gasteiger partial charge in [-0.15, -0.1) is 0 Å². The molecule has 0 spiro atoms. The van der Waals surface area contributed by atoms with Crippen LogP contribution in [0.4, 0.5) is 0 Å². The largest absolute Gasteiger partial charge is 0.327 e. The third-order valence-corrected chi connectivity index (χ3v) is 4.66. The Bertz CT molecular complexity index is 491. The van der Waals surface area contributed by atoms with Crippen LogP contribution < -0.4 is 10.5 Å². The molecule has 0 aliphatic heterocycles. The molecule has 1 rings (SSSR count). The van der Waals surface area contributed by atoms with Gasteiger partial charge in [0.05, 0.1) is 10.0 Å². The molecule has 0 heterocycles. The van der Waals surface area contributed by atoms with E-state index in [1.54, 1.807) is 0 Å². The van der Waals surface area contributed by atoms with E-state index in [0.29, 0.717) is 6.42 Å². The van der Waals surface area contributed by atoms with Gasteiger partial charge in [0.25, 0.3) is 0 Å². The molecule has 0 aliphatic carbocycles. The minimum absolute atomic E-state index is 0.0201. The van der Waals surface area contributed by atoms with E-state index >= 15 is 0 Å². The number of nitrogens with one attached hydrogen (secondary N) is 1. The first kappa shape index (κ1) is 14.7. The zero-order valence-electron chi connectivity index (χ0n) is 9.28. The van der Waals surface area contributed by atoms with Crippen LogP contribution in [0, 0.1) is 0 Å². The lowest BCUT2D eigenvalue weighted by Crippen LogP contribution is -2.36. The highest BCUT2D eigenvalue weighted by Crippen LogP contribution is 2.28. The molecule has 0 radical (unpaired) electrons. The summed E-state index contributed by atoms with van der Waals surface area (Å²) in [5.41, 5.74) is 5.64. The number of hydrogen-bond acceptors (Lipinski definition) is 3. The molecule has 1 aromatic rings. The lowest BCUT2D eigenvalue weighted by molar-refractivity contribution is 0.564. The minimum atomic E-state index is -3.66. The van der Waals surface area contributed by atoms with Crippen LogP contribution in [0.15, 0.2) is 23.1 Å². The first-order chi connectivity index (χ1) is 7.88. The first-order valence-electron chi connectivity index (χ1n) is 5.07.